The normalized spacial score (nSPS) is 15.2. The first-order chi connectivity index (χ1) is 13.9. The van der Waals surface area contributed by atoms with Crippen LogP contribution in [0.3, 0.4) is 0 Å². The fourth-order valence-corrected chi connectivity index (χ4v) is 3.67. The van der Waals surface area contributed by atoms with Crippen molar-refractivity contribution in [3.05, 3.63) is 63.4 Å². The summed E-state index contributed by atoms with van der Waals surface area (Å²) in [5.74, 6) is -1.15. The monoisotopic (exact) mass is 438 g/mol. The number of nitrogens with one attached hydrogen (secondary N) is 1. The summed E-state index contributed by atoms with van der Waals surface area (Å²) in [7, 11) is 1.29. The first-order valence-electron chi connectivity index (χ1n) is 9.22. The summed E-state index contributed by atoms with van der Waals surface area (Å²) in [5, 5.41) is 3.53. The van der Waals surface area contributed by atoms with E-state index in [-0.39, 0.29) is 17.6 Å². The number of piperidine rings is 1. The van der Waals surface area contributed by atoms with Crippen molar-refractivity contribution >= 4 is 40.8 Å². The van der Waals surface area contributed by atoms with Gasteiger partial charge < -0.3 is 10.1 Å². The number of methoxy groups -OCH3 is 1. The Kier molecular flexibility index (Phi) is 7.11. The van der Waals surface area contributed by atoms with Gasteiger partial charge in [0.25, 0.3) is 0 Å². The van der Waals surface area contributed by atoms with Crippen LogP contribution >= 0.6 is 23.2 Å². The fourth-order valence-electron chi connectivity index (χ4n) is 3.34. The van der Waals surface area contributed by atoms with Crippen LogP contribution in [0.2, 0.25) is 10.0 Å². The second-order valence-electron chi connectivity index (χ2n) is 6.96. The third-order valence-electron chi connectivity index (χ3n) is 5.01. The third kappa shape index (κ3) is 5.47. The first-order valence-corrected chi connectivity index (χ1v) is 9.98. The quantitative estimate of drug-likeness (QED) is 0.682. The van der Waals surface area contributed by atoms with Crippen molar-refractivity contribution in [3.63, 3.8) is 0 Å². The highest BCUT2D eigenvalue weighted by Crippen LogP contribution is 2.27. The lowest BCUT2D eigenvalue weighted by atomic mass is 9.95. The zero-order valence-corrected chi connectivity index (χ0v) is 17.4. The van der Waals surface area contributed by atoms with Gasteiger partial charge in [-0.2, -0.15) is 0 Å². The molecule has 0 aromatic heterocycles. The molecule has 0 saturated carbocycles. The van der Waals surface area contributed by atoms with E-state index in [9.17, 15) is 14.0 Å². The molecule has 0 atom stereocenters. The second-order valence-corrected chi connectivity index (χ2v) is 7.81. The van der Waals surface area contributed by atoms with Gasteiger partial charge in [0.1, 0.15) is 5.82 Å². The molecule has 1 aliphatic heterocycles. The molecule has 3 rings (SSSR count). The second kappa shape index (κ2) is 9.57. The average molecular weight is 439 g/mol. The van der Waals surface area contributed by atoms with Gasteiger partial charge in [0.05, 0.1) is 23.4 Å². The van der Waals surface area contributed by atoms with E-state index >= 15 is 0 Å². The van der Waals surface area contributed by atoms with E-state index in [0.717, 1.165) is 0 Å². The molecule has 0 unspecified atom stereocenters. The highest BCUT2D eigenvalue weighted by Gasteiger charge is 2.26. The number of benzene rings is 2. The Hall–Kier alpha value is -2.15. The molecule has 0 aliphatic carbocycles. The maximum atomic E-state index is 14.0. The van der Waals surface area contributed by atoms with Crippen LogP contribution in [0, 0.1) is 11.7 Å². The maximum absolute atomic E-state index is 14.0. The molecule has 0 radical (unpaired) electrons. The van der Waals surface area contributed by atoms with E-state index in [4.69, 9.17) is 27.9 Å². The van der Waals surface area contributed by atoms with E-state index in [2.05, 4.69) is 10.2 Å². The van der Waals surface area contributed by atoms with Gasteiger partial charge in [-0.1, -0.05) is 29.3 Å². The van der Waals surface area contributed by atoms with E-state index in [0.29, 0.717) is 59.3 Å². The molecular formula is C21H21Cl2FN2O3. The highest BCUT2D eigenvalue weighted by atomic mass is 35.5. The van der Waals surface area contributed by atoms with E-state index in [1.165, 1.54) is 25.3 Å². The van der Waals surface area contributed by atoms with Crippen LogP contribution in [0.4, 0.5) is 10.1 Å². The molecule has 0 bridgehead atoms. The lowest BCUT2D eigenvalue weighted by Gasteiger charge is -2.31. The zero-order chi connectivity index (χ0) is 21.0. The predicted octanol–water partition coefficient (Wildman–Crippen LogP) is 4.77. The topological polar surface area (TPSA) is 58.6 Å². The minimum Gasteiger partial charge on any atom is -0.465 e. The SMILES string of the molecule is COC(=O)c1ccc(Cl)c(NC(=O)C2CCN(Cc3ccc(Cl)cc3F)CC2)c1. The maximum Gasteiger partial charge on any atom is 0.337 e. The molecule has 1 fully saturated rings. The molecule has 2 aromatic carbocycles. The van der Waals surface area contributed by atoms with Crippen molar-refractivity contribution in [1.82, 2.24) is 4.90 Å². The van der Waals surface area contributed by atoms with E-state index in [1.54, 1.807) is 18.2 Å². The number of esters is 1. The minimum absolute atomic E-state index is 0.147. The average Bonchev–Trinajstić information content (AvgIpc) is 2.71. The molecule has 1 saturated heterocycles. The molecular weight excluding hydrogens is 418 g/mol. The third-order valence-corrected chi connectivity index (χ3v) is 5.58. The molecule has 1 amide bonds. The molecule has 5 nitrogen and oxygen atoms in total. The molecule has 29 heavy (non-hydrogen) atoms. The van der Waals surface area contributed by atoms with Crippen LogP contribution < -0.4 is 5.32 Å². The van der Waals surface area contributed by atoms with Crippen molar-refractivity contribution in [1.29, 1.82) is 0 Å². The molecule has 2 aromatic rings. The number of rotatable bonds is 5. The van der Waals surface area contributed by atoms with Gasteiger partial charge in [-0.3, -0.25) is 9.69 Å². The lowest BCUT2D eigenvalue weighted by molar-refractivity contribution is -0.121. The summed E-state index contributed by atoms with van der Waals surface area (Å²) in [6, 6.07) is 9.26. The highest BCUT2D eigenvalue weighted by molar-refractivity contribution is 6.34. The number of hydrogen-bond donors (Lipinski definition) is 1. The van der Waals surface area contributed by atoms with Crippen LogP contribution in [0.5, 0.6) is 0 Å². The Balaban J connectivity index is 1.57. The summed E-state index contributed by atoms with van der Waals surface area (Å²) in [4.78, 5) is 26.4. The van der Waals surface area contributed by atoms with Gasteiger partial charge >= 0.3 is 5.97 Å². The van der Waals surface area contributed by atoms with Crippen molar-refractivity contribution in [2.24, 2.45) is 5.92 Å². The number of ether oxygens (including phenoxy) is 1. The molecule has 0 spiro atoms. The lowest BCUT2D eigenvalue weighted by Crippen LogP contribution is -2.38. The summed E-state index contributed by atoms with van der Waals surface area (Å²) >= 11 is 11.9. The summed E-state index contributed by atoms with van der Waals surface area (Å²) in [6.45, 7) is 1.83. The van der Waals surface area contributed by atoms with Gasteiger partial charge in [-0.15, -0.1) is 0 Å². The minimum atomic E-state index is -0.500. The van der Waals surface area contributed by atoms with Gasteiger partial charge in [-0.05, 0) is 56.3 Å². The van der Waals surface area contributed by atoms with Crippen molar-refractivity contribution in [3.8, 4) is 0 Å². The number of carbonyl (C=O) groups excluding carboxylic acids is 2. The number of likely N-dealkylation sites (tertiary alicyclic amines) is 1. The Bertz CT molecular complexity index is 915. The molecule has 1 N–H and O–H groups in total. The zero-order valence-electron chi connectivity index (χ0n) is 15.9. The Morgan fingerprint density at radius 3 is 2.55 bits per heavy atom. The van der Waals surface area contributed by atoms with Crippen LogP contribution in [0.1, 0.15) is 28.8 Å². The van der Waals surface area contributed by atoms with E-state index < -0.39 is 5.97 Å². The van der Waals surface area contributed by atoms with Crippen LogP contribution in [-0.4, -0.2) is 37.0 Å². The standard InChI is InChI=1S/C21H21Cl2FN2O3/c1-29-21(28)14-3-5-17(23)19(10-14)25-20(27)13-6-8-26(9-7-13)12-15-2-4-16(22)11-18(15)24/h2-5,10-11,13H,6-9,12H2,1H3,(H,25,27). The van der Waals surface area contributed by atoms with Gasteiger partial charge in [-0.25, -0.2) is 9.18 Å². The first kappa shape index (κ1) is 21.6. The van der Waals surface area contributed by atoms with Crippen LogP contribution in [0.25, 0.3) is 0 Å². The smallest absolute Gasteiger partial charge is 0.337 e. The van der Waals surface area contributed by atoms with Crippen molar-refractivity contribution in [2.75, 3.05) is 25.5 Å². The van der Waals surface area contributed by atoms with Gasteiger partial charge in [0.2, 0.25) is 5.91 Å². The number of anilines is 1. The summed E-state index contributed by atoms with van der Waals surface area (Å²) < 4.78 is 18.7. The number of hydrogen-bond acceptors (Lipinski definition) is 4. The molecule has 8 heteroatoms. The van der Waals surface area contributed by atoms with Gasteiger partial charge in [0.15, 0.2) is 0 Å². The van der Waals surface area contributed by atoms with Gasteiger partial charge in [0, 0.05) is 23.0 Å². The molecule has 1 aliphatic rings. The Labute approximate surface area is 178 Å². The summed E-state index contributed by atoms with van der Waals surface area (Å²) in [5.41, 5.74) is 1.28. The number of halogens is 3. The molecule has 154 valence electrons. The predicted molar refractivity (Wildman–Crippen MR) is 111 cm³/mol. The number of carbonyl (C=O) groups is 2. The van der Waals surface area contributed by atoms with Crippen molar-refractivity contribution < 1.29 is 18.7 Å². The Morgan fingerprint density at radius 2 is 1.90 bits per heavy atom. The fraction of sp³-hybridized carbons (Fsp3) is 0.333. The summed E-state index contributed by atoms with van der Waals surface area (Å²) in [6.07, 6.45) is 1.30. The Morgan fingerprint density at radius 1 is 1.17 bits per heavy atom. The van der Waals surface area contributed by atoms with Crippen LogP contribution in [0.15, 0.2) is 36.4 Å². The van der Waals surface area contributed by atoms with Crippen LogP contribution in [-0.2, 0) is 16.1 Å². The largest absolute Gasteiger partial charge is 0.465 e. The molecule has 1 heterocycles. The van der Waals surface area contributed by atoms with Crippen molar-refractivity contribution in [2.45, 2.75) is 19.4 Å². The number of amides is 1. The number of nitrogens with zero attached hydrogens (tertiary/aromatic N) is 1. The van der Waals surface area contributed by atoms with E-state index in [1.807, 2.05) is 0 Å².